The number of halogens is 1. The number of Topliss-reactive ketones (excluding diaryl/α,β-unsaturated/α-hetero) is 1. The Kier molecular flexibility index (Phi) is 3.02. The number of carboxylic acids is 1. The van der Waals surface area contributed by atoms with Crippen molar-refractivity contribution in [2.45, 2.75) is 6.92 Å². The summed E-state index contributed by atoms with van der Waals surface area (Å²) >= 11 is 1.92. The molecule has 1 rings (SSSR count). The van der Waals surface area contributed by atoms with Crippen molar-refractivity contribution in [3.8, 4) is 0 Å². The van der Waals surface area contributed by atoms with E-state index >= 15 is 0 Å². The first-order valence-electron chi connectivity index (χ1n) is 3.56. The van der Waals surface area contributed by atoms with Crippen molar-refractivity contribution in [2.75, 3.05) is 0 Å². The average Bonchev–Trinajstić information content (AvgIpc) is 2.04. The maximum atomic E-state index is 10.9. The molecule has 1 aromatic carbocycles. The van der Waals surface area contributed by atoms with Crippen LogP contribution >= 0.6 is 22.6 Å². The molecule has 4 heteroatoms. The Morgan fingerprint density at radius 1 is 1.38 bits per heavy atom. The maximum Gasteiger partial charge on any atom is 0.336 e. The molecule has 0 unspecified atom stereocenters. The fourth-order valence-corrected chi connectivity index (χ4v) is 1.47. The van der Waals surface area contributed by atoms with Crippen molar-refractivity contribution in [3.05, 3.63) is 32.9 Å². The SMILES string of the molecule is CC(=O)c1ccc(I)c(C(=O)O)c1. The van der Waals surface area contributed by atoms with E-state index in [0.29, 0.717) is 9.13 Å². The van der Waals surface area contributed by atoms with E-state index in [1.807, 2.05) is 22.6 Å². The molecule has 0 spiro atoms. The summed E-state index contributed by atoms with van der Waals surface area (Å²) in [5.41, 5.74) is 0.603. The van der Waals surface area contributed by atoms with E-state index in [-0.39, 0.29) is 11.3 Å². The van der Waals surface area contributed by atoms with Crippen LogP contribution < -0.4 is 0 Å². The second kappa shape index (κ2) is 3.87. The molecule has 0 amide bonds. The van der Waals surface area contributed by atoms with E-state index < -0.39 is 5.97 Å². The van der Waals surface area contributed by atoms with Gasteiger partial charge < -0.3 is 5.11 Å². The van der Waals surface area contributed by atoms with Gasteiger partial charge in [-0.1, -0.05) is 6.07 Å². The van der Waals surface area contributed by atoms with Crippen LogP contribution in [0.4, 0.5) is 0 Å². The molecule has 1 aromatic rings. The lowest BCUT2D eigenvalue weighted by Crippen LogP contribution is -2.02. The number of carboxylic acid groups (broad SMARTS) is 1. The standard InChI is InChI=1S/C9H7IO3/c1-5(11)6-2-3-8(10)7(4-6)9(12)13/h2-4H,1H3,(H,12,13). The van der Waals surface area contributed by atoms with Crippen LogP contribution in [0.5, 0.6) is 0 Å². The summed E-state index contributed by atoms with van der Waals surface area (Å²) in [5, 5.41) is 8.76. The molecule has 0 aliphatic rings. The molecule has 13 heavy (non-hydrogen) atoms. The van der Waals surface area contributed by atoms with Crippen LogP contribution in [0.2, 0.25) is 0 Å². The fraction of sp³-hybridized carbons (Fsp3) is 0.111. The molecule has 0 aliphatic heterocycles. The Labute approximate surface area is 88.9 Å². The first-order valence-corrected chi connectivity index (χ1v) is 4.64. The minimum absolute atomic E-state index is 0.126. The van der Waals surface area contributed by atoms with Crippen molar-refractivity contribution < 1.29 is 14.7 Å². The summed E-state index contributed by atoms with van der Waals surface area (Å²) < 4.78 is 0.634. The second-order valence-corrected chi connectivity index (χ2v) is 3.72. The Balaban J connectivity index is 3.27. The lowest BCUT2D eigenvalue weighted by Gasteiger charge is -2.00. The molecule has 0 saturated heterocycles. The molecule has 0 heterocycles. The van der Waals surface area contributed by atoms with E-state index in [0.717, 1.165) is 0 Å². The quantitative estimate of drug-likeness (QED) is 0.671. The molecule has 68 valence electrons. The summed E-state index contributed by atoms with van der Waals surface area (Å²) in [4.78, 5) is 21.6. The summed E-state index contributed by atoms with van der Waals surface area (Å²) in [7, 11) is 0. The summed E-state index contributed by atoms with van der Waals surface area (Å²) in [5.74, 6) is -1.13. The summed E-state index contributed by atoms with van der Waals surface area (Å²) in [6.07, 6.45) is 0. The Bertz CT molecular complexity index is 371. The van der Waals surface area contributed by atoms with Crippen molar-refractivity contribution in [2.24, 2.45) is 0 Å². The highest BCUT2D eigenvalue weighted by Crippen LogP contribution is 2.14. The number of benzene rings is 1. The third-order valence-electron chi connectivity index (χ3n) is 1.60. The molecule has 0 atom stereocenters. The minimum Gasteiger partial charge on any atom is -0.478 e. The largest absolute Gasteiger partial charge is 0.478 e. The molecule has 0 saturated carbocycles. The van der Waals surface area contributed by atoms with Crippen molar-refractivity contribution in [1.82, 2.24) is 0 Å². The number of hydrogen-bond donors (Lipinski definition) is 1. The number of hydrogen-bond acceptors (Lipinski definition) is 2. The minimum atomic E-state index is -1.01. The molecular formula is C9H7IO3. The van der Waals surface area contributed by atoms with Crippen LogP contribution in [-0.4, -0.2) is 16.9 Å². The number of carbonyl (C=O) groups excluding carboxylic acids is 1. The van der Waals surface area contributed by atoms with Crippen molar-refractivity contribution in [1.29, 1.82) is 0 Å². The topological polar surface area (TPSA) is 54.4 Å². The van der Waals surface area contributed by atoms with Crippen LogP contribution in [0.3, 0.4) is 0 Å². The van der Waals surface area contributed by atoms with Crippen LogP contribution in [-0.2, 0) is 0 Å². The van der Waals surface area contributed by atoms with Gasteiger partial charge in [-0.05, 0) is 41.6 Å². The lowest BCUT2D eigenvalue weighted by atomic mass is 10.1. The Hall–Kier alpha value is -0.910. The zero-order valence-electron chi connectivity index (χ0n) is 6.87. The van der Waals surface area contributed by atoms with E-state index in [9.17, 15) is 9.59 Å². The predicted octanol–water partition coefficient (Wildman–Crippen LogP) is 2.19. The third kappa shape index (κ3) is 2.27. The van der Waals surface area contributed by atoms with Gasteiger partial charge in [-0.25, -0.2) is 4.79 Å². The second-order valence-electron chi connectivity index (χ2n) is 2.56. The molecule has 0 aromatic heterocycles. The molecule has 1 N–H and O–H groups in total. The van der Waals surface area contributed by atoms with Gasteiger partial charge in [-0.2, -0.15) is 0 Å². The van der Waals surface area contributed by atoms with Gasteiger partial charge in [0.15, 0.2) is 5.78 Å². The molecule has 3 nitrogen and oxygen atoms in total. The number of carbonyl (C=O) groups is 2. The Morgan fingerprint density at radius 2 is 2.00 bits per heavy atom. The van der Waals surface area contributed by atoms with Gasteiger partial charge in [0.1, 0.15) is 0 Å². The molecule has 0 aliphatic carbocycles. The van der Waals surface area contributed by atoms with Gasteiger partial charge in [0.25, 0.3) is 0 Å². The maximum absolute atomic E-state index is 10.9. The molecule has 0 bridgehead atoms. The zero-order valence-corrected chi connectivity index (χ0v) is 9.03. The first-order chi connectivity index (χ1) is 6.02. The molecule has 0 fully saturated rings. The van der Waals surface area contributed by atoms with E-state index in [2.05, 4.69) is 0 Å². The zero-order chi connectivity index (χ0) is 10.0. The predicted molar refractivity (Wildman–Crippen MR) is 56.1 cm³/mol. The number of rotatable bonds is 2. The van der Waals surface area contributed by atoms with E-state index in [1.165, 1.54) is 13.0 Å². The summed E-state index contributed by atoms with van der Waals surface area (Å²) in [6.45, 7) is 1.41. The normalized spacial score (nSPS) is 9.69. The number of ketones is 1. The van der Waals surface area contributed by atoms with Crippen LogP contribution in [0.1, 0.15) is 27.6 Å². The van der Waals surface area contributed by atoms with Crippen LogP contribution in [0.15, 0.2) is 18.2 Å². The highest BCUT2D eigenvalue weighted by atomic mass is 127. The van der Waals surface area contributed by atoms with Crippen LogP contribution in [0.25, 0.3) is 0 Å². The summed E-state index contributed by atoms with van der Waals surface area (Å²) in [6, 6.07) is 4.64. The van der Waals surface area contributed by atoms with E-state index in [4.69, 9.17) is 5.11 Å². The van der Waals surface area contributed by atoms with Gasteiger partial charge in [0, 0.05) is 9.13 Å². The third-order valence-corrected chi connectivity index (χ3v) is 2.54. The van der Waals surface area contributed by atoms with Gasteiger partial charge in [0.2, 0.25) is 0 Å². The van der Waals surface area contributed by atoms with Crippen LogP contribution in [0, 0.1) is 3.57 Å². The average molecular weight is 290 g/mol. The van der Waals surface area contributed by atoms with Gasteiger partial charge in [-0.15, -0.1) is 0 Å². The van der Waals surface area contributed by atoms with Gasteiger partial charge in [0.05, 0.1) is 5.56 Å². The van der Waals surface area contributed by atoms with Crippen molar-refractivity contribution >= 4 is 34.3 Å². The monoisotopic (exact) mass is 290 g/mol. The fourth-order valence-electron chi connectivity index (χ4n) is 0.908. The smallest absolute Gasteiger partial charge is 0.336 e. The Morgan fingerprint density at radius 3 is 2.46 bits per heavy atom. The van der Waals surface area contributed by atoms with Crippen molar-refractivity contribution in [3.63, 3.8) is 0 Å². The highest BCUT2D eigenvalue weighted by molar-refractivity contribution is 14.1. The first kappa shape index (κ1) is 10.2. The lowest BCUT2D eigenvalue weighted by molar-refractivity contribution is 0.0695. The van der Waals surface area contributed by atoms with E-state index in [1.54, 1.807) is 12.1 Å². The van der Waals surface area contributed by atoms with Gasteiger partial charge >= 0.3 is 5.97 Å². The molecule has 0 radical (unpaired) electrons. The van der Waals surface area contributed by atoms with Gasteiger partial charge in [-0.3, -0.25) is 4.79 Å². The highest BCUT2D eigenvalue weighted by Gasteiger charge is 2.10. The molecular weight excluding hydrogens is 283 g/mol. The number of aromatic carboxylic acids is 1.